The predicted molar refractivity (Wildman–Crippen MR) is 114 cm³/mol. The summed E-state index contributed by atoms with van der Waals surface area (Å²) in [5.74, 6) is 0.722. The van der Waals surface area contributed by atoms with Crippen LogP contribution in [0.1, 0.15) is 11.3 Å². The lowest BCUT2D eigenvalue weighted by molar-refractivity contribution is 0.282. The van der Waals surface area contributed by atoms with Crippen molar-refractivity contribution in [3.05, 3.63) is 84.3 Å². The van der Waals surface area contributed by atoms with Crippen LogP contribution in [-0.4, -0.2) is 25.0 Å². The second-order valence-corrected chi connectivity index (χ2v) is 6.82. The number of hydrogen-bond donors (Lipinski definition) is 3. The van der Waals surface area contributed by atoms with E-state index in [1.54, 1.807) is 6.20 Å². The Bertz CT molecular complexity index is 1300. The van der Waals surface area contributed by atoms with E-state index in [9.17, 15) is 5.11 Å². The summed E-state index contributed by atoms with van der Waals surface area (Å²) < 4.78 is 0. The standard InChI is InChI=1S/C23H19N5O/c29-14-16-11-15-5-1-2-7-20(15)27-22(16)19-12-21(28-23-18(19)8-10-25-23)26-13-17-6-3-4-9-24-17/h1-12,29H,13-14H2,(H2,25,26,28). The third kappa shape index (κ3) is 3.30. The lowest BCUT2D eigenvalue weighted by atomic mass is 10.0. The number of aliphatic hydroxyl groups is 1. The number of hydrogen-bond acceptors (Lipinski definition) is 5. The molecule has 3 N–H and O–H groups in total. The van der Waals surface area contributed by atoms with E-state index < -0.39 is 0 Å². The summed E-state index contributed by atoms with van der Waals surface area (Å²) >= 11 is 0. The van der Waals surface area contributed by atoms with Gasteiger partial charge in [-0.15, -0.1) is 0 Å². The molecule has 0 radical (unpaired) electrons. The monoisotopic (exact) mass is 381 g/mol. The maximum Gasteiger partial charge on any atom is 0.140 e. The third-order valence-electron chi connectivity index (χ3n) is 4.93. The summed E-state index contributed by atoms with van der Waals surface area (Å²) in [5, 5.41) is 15.3. The highest BCUT2D eigenvalue weighted by atomic mass is 16.3. The van der Waals surface area contributed by atoms with E-state index in [0.29, 0.717) is 6.54 Å². The van der Waals surface area contributed by atoms with Crippen molar-refractivity contribution in [1.82, 2.24) is 19.9 Å². The highest BCUT2D eigenvalue weighted by Crippen LogP contribution is 2.32. The number of rotatable bonds is 5. The van der Waals surface area contributed by atoms with Gasteiger partial charge in [-0.25, -0.2) is 9.97 Å². The summed E-state index contributed by atoms with van der Waals surface area (Å²) in [4.78, 5) is 17.1. The Labute approximate surface area is 167 Å². The number of pyridine rings is 3. The number of para-hydroxylation sites is 1. The lowest BCUT2D eigenvalue weighted by Crippen LogP contribution is -2.04. The van der Waals surface area contributed by atoms with Gasteiger partial charge in [-0.1, -0.05) is 24.3 Å². The van der Waals surface area contributed by atoms with Crippen LogP contribution in [0.3, 0.4) is 0 Å². The van der Waals surface area contributed by atoms with Crippen molar-refractivity contribution >= 4 is 27.8 Å². The number of fused-ring (bicyclic) bond motifs is 2. The molecule has 0 unspecified atom stereocenters. The normalized spacial score (nSPS) is 11.2. The SMILES string of the molecule is OCc1cc2ccccc2nc1-c1cc(NCc2ccccn2)nc2[nH]ccc12. The van der Waals surface area contributed by atoms with Crippen LogP contribution in [0.25, 0.3) is 33.2 Å². The Morgan fingerprint density at radius 3 is 2.72 bits per heavy atom. The number of aliphatic hydroxyl groups excluding tert-OH is 1. The largest absolute Gasteiger partial charge is 0.392 e. The van der Waals surface area contributed by atoms with Crippen LogP contribution in [0.4, 0.5) is 5.82 Å². The molecule has 4 heterocycles. The molecule has 1 aromatic carbocycles. The van der Waals surface area contributed by atoms with E-state index in [4.69, 9.17) is 4.98 Å². The Morgan fingerprint density at radius 2 is 1.86 bits per heavy atom. The fourth-order valence-electron chi connectivity index (χ4n) is 3.52. The molecule has 0 saturated carbocycles. The van der Waals surface area contributed by atoms with Crippen molar-refractivity contribution in [2.45, 2.75) is 13.2 Å². The molecule has 5 rings (SSSR count). The number of nitrogens with zero attached hydrogens (tertiary/aromatic N) is 3. The van der Waals surface area contributed by atoms with Gasteiger partial charge in [0, 0.05) is 34.3 Å². The maximum atomic E-state index is 10.00. The second kappa shape index (κ2) is 7.33. The molecule has 0 saturated heterocycles. The first-order valence-electron chi connectivity index (χ1n) is 9.43. The minimum atomic E-state index is -0.0852. The van der Waals surface area contributed by atoms with E-state index in [1.807, 2.05) is 66.9 Å². The zero-order valence-corrected chi connectivity index (χ0v) is 15.6. The topological polar surface area (TPSA) is 86.7 Å². The van der Waals surface area contributed by atoms with Crippen LogP contribution in [0.15, 0.2) is 73.1 Å². The molecule has 5 aromatic rings. The molecule has 0 bridgehead atoms. The zero-order valence-electron chi connectivity index (χ0n) is 15.6. The molecular weight excluding hydrogens is 362 g/mol. The van der Waals surface area contributed by atoms with Gasteiger partial charge >= 0.3 is 0 Å². The lowest BCUT2D eigenvalue weighted by Gasteiger charge is -2.12. The van der Waals surface area contributed by atoms with Crippen molar-refractivity contribution in [1.29, 1.82) is 0 Å². The average Bonchev–Trinajstić information content (AvgIpc) is 3.25. The smallest absolute Gasteiger partial charge is 0.140 e. The van der Waals surface area contributed by atoms with Gasteiger partial charge in [0.05, 0.1) is 30.1 Å². The Hall–Kier alpha value is -3.77. The van der Waals surface area contributed by atoms with Gasteiger partial charge in [-0.2, -0.15) is 0 Å². The maximum absolute atomic E-state index is 10.00. The number of aromatic nitrogens is 4. The fraction of sp³-hybridized carbons (Fsp3) is 0.0870. The Kier molecular flexibility index (Phi) is 4.38. The molecule has 0 spiro atoms. The summed E-state index contributed by atoms with van der Waals surface area (Å²) in [6, 6.07) is 19.7. The van der Waals surface area contributed by atoms with Gasteiger partial charge in [0.15, 0.2) is 0 Å². The molecule has 4 aromatic heterocycles. The number of nitrogens with one attached hydrogen (secondary N) is 2. The summed E-state index contributed by atoms with van der Waals surface area (Å²) in [6.45, 7) is 0.482. The average molecular weight is 381 g/mol. The van der Waals surface area contributed by atoms with Crippen LogP contribution in [0.2, 0.25) is 0 Å². The van der Waals surface area contributed by atoms with Crippen molar-refractivity contribution in [2.24, 2.45) is 0 Å². The zero-order chi connectivity index (χ0) is 19.6. The number of benzene rings is 1. The molecular formula is C23H19N5O. The number of aromatic amines is 1. The third-order valence-corrected chi connectivity index (χ3v) is 4.93. The first-order chi connectivity index (χ1) is 14.3. The first kappa shape index (κ1) is 17.3. The minimum absolute atomic E-state index is 0.0852. The molecule has 0 aliphatic heterocycles. The van der Waals surface area contributed by atoms with Crippen molar-refractivity contribution in [3.8, 4) is 11.3 Å². The summed E-state index contributed by atoms with van der Waals surface area (Å²) in [6.07, 6.45) is 3.64. The molecule has 0 aliphatic rings. The van der Waals surface area contributed by atoms with Gasteiger partial charge in [-0.3, -0.25) is 4.98 Å². The molecule has 0 amide bonds. The first-order valence-corrected chi connectivity index (χ1v) is 9.43. The summed E-state index contributed by atoms with van der Waals surface area (Å²) in [7, 11) is 0. The molecule has 0 fully saturated rings. The Balaban J connectivity index is 1.62. The van der Waals surface area contributed by atoms with Gasteiger partial charge in [0.2, 0.25) is 0 Å². The fourth-order valence-corrected chi connectivity index (χ4v) is 3.52. The summed E-state index contributed by atoms with van der Waals surface area (Å²) in [5.41, 5.74) is 5.07. The molecule has 0 aliphatic carbocycles. The molecule has 6 nitrogen and oxygen atoms in total. The van der Waals surface area contributed by atoms with Crippen molar-refractivity contribution in [2.75, 3.05) is 5.32 Å². The quantitative estimate of drug-likeness (QED) is 0.423. The van der Waals surface area contributed by atoms with Crippen LogP contribution < -0.4 is 5.32 Å². The van der Waals surface area contributed by atoms with E-state index in [-0.39, 0.29) is 6.61 Å². The van der Waals surface area contributed by atoms with E-state index in [0.717, 1.165) is 50.3 Å². The molecule has 6 heteroatoms. The van der Waals surface area contributed by atoms with Crippen molar-refractivity contribution < 1.29 is 5.11 Å². The molecule has 142 valence electrons. The number of anilines is 1. The van der Waals surface area contributed by atoms with Crippen molar-refractivity contribution in [3.63, 3.8) is 0 Å². The van der Waals surface area contributed by atoms with Gasteiger partial charge in [0.1, 0.15) is 11.5 Å². The van der Waals surface area contributed by atoms with Crippen LogP contribution >= 0.6 is 0 Å². The van der Waals surface area contributed by atoms with Gasteiger partial charge in [-0.05, 0) is 36.4 Å². The van der Waals surface area contributed by atoms with Crippen LogP contribution in [0.5, 0.6) is 0 Å². The van der Waals surface area contributed by atoms with E-state index >= 15 is 0 Å². The number of H-pyrrole nitrogens is 1. The molecule has 0 atom stereocenters. The predicted octanol–water partition coefficient (Wildman–Crippen LogP) is 4.28. The minimum Gasteiger partial charge on any atom is -0.392 e. The van der Waals surface area contributed by atoms with Crippen LogP contribution in [0, 0.1) is 0 Å². The van der Waals surface area contributed by atoms with Crippen LogP contribution in [-0.2, 0) is 13.2 Å². The highest BCUT2D eigenvalue weighted by molar-refractivity contribution is 5.96. The van der Waals surface area contributed by atoms with E-state index in [2.05, 4.69) is 20.3 Å². The Morgan fingerprint density at radius 1 is 0.966 bits per heavy atom. The second-order valence-electron chi connectivity index (χ2n) is 6.82. The molecule has 29 heavy (non-hydrogen) atoms. The highest BCUT2D eigenvalue weighted by Gasteiger charge is 2.15. The van der Waals surface area contributed by atoms with E-state index in [1.165, 1.54) is 0 Å². The van der Waals surface area contributed by atoms with Gasteiger partial charge in [0.25, 0.3) is 0 Å². The van der Waals surface area contributed by atoms with Gasteiger partial charge < -0.3 is 15.4 Å².